The monoisotopic (exact) mass is 214 g/mol. The van der Waals surface area contributed by atoms with Gasteiger partial charge in [0.05, 0.1) is 0 Å². The van der Waals surface area contributed by atoms with Gasteiger partial charge >= 0.3 is 72.6 Å². The first-order valence-corrected chi connectivity index (χ1v) is 5.94. The van der Waals surface area contributed by atoms with Gasteiger partial charge in [0.2, 0.25) is 0 Å². The van der Waals surface area contributed by atoms with Gasteiger partial charge in [-0.15, -0.1) is 0 Å². The van der Waals surface area contributed by atoms with E-state index in [0.717, 1.165) is 17.4 Å². The van der Waals surface area contributed by atoms with Gasteiger partial charge in [0, 0.05) is 0 Å². The van der Waals surface area contributed by atoms with Crippen molar-refractivity contribution >= 4 is 25.7 Å². The molecule has 0 bridgehead atoms. The molecule has 0 amide bonds. The second-order valence-electron chi connectivity index (χ2n) is 2.36. The quantitative estimate of drug-likeness (QED) is 0.532. The van der Waals surface area contributed by atoms with Gasteiger partial charge in [0.1, 0.15) is 0 Å². The molecule has 0 atom stereocenters. The molecular weight excluding hydrogens is 203 g/mol. The van der Waals surface area contributed by atoms with E-state index >= 15 is 0 Å². The summed E-state index contributed by atoms with van der Waals surface area (Å²) in [5, 5.41) is 0. The predicted molar refractivity (Wildman–Crippen MR) is 47.8 cm³/mol. The normalized spacial score (nSPS) is 9.64. The van der Waals surface area contributed by atoms with Crippen molar-refractivity contribution in [2.24, 2.45) is 0 Å². The molecule has 58 valence electrons. The minimum atomic E-state index is 0.421. The fourth-order valence-electron chi connectivity index (χ4n) is 0.946. The zero-order chi connectivity index (χ0) is 8.27. The third-order valence-corrected chi connectivity index (χ3v) is 3.21. The minimum absolute atomic E-state index is 0.421. The van der Waals surface area contributed by atoms with Gasteiger partial charge in [-0.25, -0.2) is 0 Å². The summed E-state index contributed by atoms with van der Waals surface area (Å²) in [5.41, 5.74) is 2.01. The van der Waals surface area contributed by atoms with Crippen LogP contribution in [0.4, 0.5) is 0 Å². The van der Waals surface area contributed by atoms with Crippen LogP contribution in [0.5, 0.6) is 0 Å². The Kier molecular flexibility index (Phi) is 2.86. The summed E-state index contributed by atoms with van der Waals surface area (Å²) in [4.78, 5) is 10.5. The Balaban J connectivity index is 3.16. The molecule has 0 heterocycles. The van der Waals surface area contributed by atoms with Crippen LogP contribution >= 0.6 is 0 Å². The van der Waals surface area contributed by atoms with E-state index in [0.29, 0.717) is 15.0 Å². The van der Waals surface area contributed by atoms with Crippen molar-refractivity contribution in [2.45, 2.75) is 12.7 Å². The topological polar surface area (TPSA) is 17.1 Å². The van der Waals surface area contributed by atoms with Crippen molar-refractivity contribution in [3.05, 3.63) is 29.3 Å². The number of hydrogen-bond acceptors (Lipinski definition) is 1. The Morgan fingerprint density at radius 1 is 1.45 bits per heavy atom. The predicted octanol–water partition coefficient (Wildman–Crippen LogP) is 1.19. The molecule has 0 spiro atoms. The Hall–Kier alpha value is -0.591. The average Bonchev–Trinajstić information content (AvgIpc) is 2.04. The van der Waals surface area contributed by atoms with E-state index in [9.17, 15) is 4.79 Å². The Bertz CT molecular complexity index is 268. The average molecular weight is 213 g/mol. The van der Waals surface area contributed by atoms with Gasteiger partial charge in [0.25, 0.3) is 0 Å². The first-order chi connectivity index (χ1) is 5.27. The number of carbonyl (C=O) groups excluding carboxylic acids is 1. The molecule has 0 aliphatic heterocycles. The molecule has 0 N–H and O–H groups in total. The van der Waals surface area contributed by atoms with Gasteiger partial charge in [-0.1, -0.05) is 0 Å². The van der Waals surface area contributed by atoms with Gasteiger partial charge in [0.15, 0.2) is 0 Å². The van der Waals surface area contributed by atoms with Gasteiger partial charge in [-0.3, -0.25) is 0 Å². The summed E-state index contributed by atoms with van der Waals surface area (Å²) in [5.74, 6) is 2.12. The molecule has 1 nitrogen and oxygen atoms in total. The summed E-state index contributed by atoms with van der Waals surface area (Å²) in [7, 11) is 0. The summed E-state index contributed by atoms with van der Waals surface area (Å²) in [6.45, 7) is 2.00. The summed E-state index contributed by atoms with van der Waals surface area (Å²) < 4.78 is 1.19. The molecule has 11 heavy (non-hydrogen) atoms. The fraction of sp³-hybridized carbons (Fsp3) is 0.222. The molecule has 0 aliphatic rings. The zero-order valence-corrected chi connectivity index (χ0v) is 8.34. The standard InChI is InChI=1S/C9H10OSe/c1-7-3-4-9(11-2)8(5-7)6-10/h3-6H,1-2H3. The van der Waals surface area contributed by atoms with Gasteiger partial charge in [-0.05, 0) is 0 Å². The third-order valence-electron chi connectivity index (χ3n) is 1.51. The van der Waals surface area contributed by atoms with Gasteiger partial charge in [-0.2, -0.15) is 0 Å². The van der Waals surface area contributed by atoms with E-state index in [1.54, 1.807) is 0 Å². The molecule has 2 heteroatoms. The Morgan fingerprint density at radius 2 is 2.18 bits per heavy atom. The first kappa shape index (κ1) is 8.51. The van der Waals surface area contributed by atoms with Crippen molar-refractivity contribution in [3.63, 3.8) is 0 Å². The van der Waals surface area contributed by atoms with Crippen molar-refractivity contribution < 1.29 is 4.79 Å². The van der Waals surface area contributed by atoms with Crippen LogP contribution in [-0.4, -0.2) is 21.2 Å². The van der Waals surface area contributed by atoms with Crippen molar-refractivity contribution in [1.82, 2.24) is 0 Å². The van der Waals surface area contributed by atoms with Crippen LogP contribution < -0.4 is 4.46 Å². The first-order valence-electron chi connectivity index (χ1n) is 3.37. The van der Waals surface area contributed by atoms with E-state index in [2.05, 4.69) is 5.82 Å². The number of aryl methyl sites for hydroxylation is 1. The van der Waals surface area contributed by atoms with E-state index in [1.165, 1.54) is 4.46 Å². The van der Waals surface area contributed by atoms with E-state index < -0.39 is 0 Å². The molecule has 0 aromatic heterocycles. The molecule has 0 radical (unpaired) electrons. The second-order valence-corrected chi connectivity index (χ2v) is 4.14. The number of carbonyl (C=O) groups is 1. The van der Waals surface area contributed by atoms with Crippen LogP contribution in [-0.2, 0) is 0 Å². The van der Waals surface area contributed by atoms with Crippen LogP contribution in [0.25, 0.3) is 0 Å². The Morgan fingerprint density at radius 3 is 2.73 bits per heavy atom. The van der Waals surface area contributed by atoms with Crippen molar-refractivity contribution in [1.29, 1.82) is 0 Å². The summed E-state index contributed by atoms with van der Waals surface area (Å²) >= 11 is 0.421. The second kappa shape index (κ2) is 3.70. The van der Waals surface area contributed by atoms with E-state index in [-0.39, 0.29) is 0 Å². The molecule has 0 aliphatic carbocycles. The van der Waals surface area contributed by atoms with Crippen LogP contribution in [0.1, 0.15) is 15.9 Å². The van der Waals surface area contributed by atoms with E-state index in [1.807, 2.05) is 25.1 Å². The molecule has 1 aromatic carbocycles. The Labute approximate surface area is 73.0 Å². The number of benzene rings is 1. The molecule has 0 unspecified atom stereocenters. The van der Waals surface area contributed by atoms with Gasteiger partial charge < -0.3 is 0 Å². The molecule has 1 aromatic rings. The molecule has 0 saturated carbocycles. The molecular formula is C9H10OSe. The molecule has 1 rings (SSSR count). The number of hydrogen-bond donors (Lipinski definition) is 0. The summed E-state index contributed by atoms with van der Waals surface area (Å²) in [6.07, 6.45) is 0.938. The van der Waals surface area contributed by atoms with Crippen molar-refractivity contribution in [2.75, 3.05) is 0 Å². The third kappa shape index (κ3) is 1.92. The van der Waals surface area contributed by atoms with Crippen LogP contribution in [0, 0.1) is 6.92 Å². The molecule has 0 fully saturated rings. The maximum absolute atomic E-state index is 10.5. The SMILES string of the molecule is C[Se]c1ccc(C)cc1C=O. The number of rotatable bonds is 2. The fourth-order valence-corrected chi connectivity index (χ4v) is 2.09. The maximum atomic E-state index is 10.5. The molecule has 0 saturated heterocycles. The van der Waals surface area contributed by atoms with Crippen LogP contribution in [0.15, 0.2) is 18.2 Å². The zero-order valence-electron chi connectivity index (χ0n) is 6.63. The number of aldehydes is 1. The van der Waals surface area contributed by atoms with E-state index in [4.69, 9.17) is 0 Å². The summed E-state index contributed by atoms with van der Waals surface area (Å²) in [6, 6.07) is 6.03. The van der Waals surface area contributed by atoms with Crippen LogP contribution in [0.3, 0.4) is 0 Å². The van der Waals surface area contributed by atoms with Crippen LogP contribution in [0.2, 0.25) is 5.82 Å². The van der Waals surface area contributed by atoms with Crippen molar-refractivity contribution in [3.8, 4) is 0 Å².